The molecule has 0 aromatic heterocycles. The van der Waals surface area contributed by atoms with Gasteiger partial charge < -0.3 is 5.11 Å². The van der Waals surface area contributed by atoms with Gasteiger partial charge in [-0.05, 0) is 36.2 Å². The van der Waals surface area contributed by atoms with E-state index in [1.54, 1.807) is 6.07 Å². The summed E-state index contributed by atoms with van der Waals surface area (Å²) < 4.78 is 0. The van der Waals surface area contributed by atoms with Crippen LogP contribution in [0, 0.1) is 6.92 Å². The Hall–Kier alpha value is -3.20. The van der Waals surface area contributed by atoms with E-state index < -0.39 is 0 Å². The van der Waals surface area contributed by atoms with Crippen molar-refractivity contribution in [2.24, 2.45) is 9.98 Å². The summed E-state index contributed by atoms with van der Waals surface area (Å²) >= 11 is 0. The van der Waals surface area contributed by atoms with Gasteiger partial charge in [-0.25, -0.2) is 4.99 Å². The molecule has 0 aliphatic carbocycles. The van der Waals surface area contributed by atoms with Gasteiger partial charge in [-0.15, -0.1) is 0 Å². The number of nitrogens with zero attached hydrogens (tertiary/aromatic N) is 2. The molecule has 0 fully saturated rings. The lowest BCUT2D eigenvalue weighted by atomic mass is 9.99. The quantitative estimate of drug-likeness (QED) is 0.678. The molecule has 3 aromatic rings. The highest BCUT2D eigenvalue weighted by atomic mass is 16.3. The first-order chi connectivity index (χ1) is 12.2. The average molecular weight is 326 g/mol. The molecule has 0 amide bonds. The van der Waals surface area contributed by atoms with Crippen molar-refractivity contribution in [3.8, 4) is 5.75 Å². The Bertz CT molecular complexity index is 988. The second-order valence-corrected chi connectivity index (χ2v) is 6.12. The number of phenols is 1. The molecule has 1 aliphatic rings. The zero-order valence-electron chi connectivity index (χ0n) is 14.0. The predicted octanol–water partition coefficient (Wildman–Crippen LogP) is 5.35. The lowest BCUT2D eigenvalue weighted by Gasteiger charge is -2.09. The molecule has 25 heavy (non-hydrogen) atoms. The summed E-state index contributed by atoms with van der Waals surface area (Å²) in [5.41, 5.74) is 6.40. The van der Waals surface area contributed by atoms with Crippen LogP contribution in [0.1, 0.15) is 23.1 Å². The van der Waals surface area contributed by atoms with Crippen LogP contribution in [0.4, 0.5) is 11.4 Å². The molecule has 3 heteroatoms. The minimum atomic E-state index is 0.241. The number of hydrogen-bond donors (Lipinski definition) is 1. The number of rotatable bonds is 2. The number of aromatic hydroxyl groups is 1. The molecule has 3 nitrogen and oxygen atoms in total. The Morgan fingerprint density at radius 2 is 1.52 bits per heavy atom. The van der Waals surface area contributed by atoms with E-state index in [2.05, 4.69) is 12.1 Å². The Labute approximate surface area is 147 Å². The van der Waals surface area contributed by atoms with Crippen LogP contribution in [0.25, 0.3) is 0 Å². The van der Waals surface area contributed by atoms with E-state index in [4.69, 9.17) is 9.98 Å². The molecule has 0 spiro atoms. The van der Waals surface area contributed by atoms with Crippen LogP contribution >= 0.6 is 0 Å². The monoisotopic (exact) mass is 326 g/mol. The van der Waals surface area contributed by atoms with Gasteiger partial charge in [0.25, 0.3) is 0 Å². The summed E-state index contributed by atoms with van der Waals surface area (Å²) in [6.07, 6.45) is 0.565. The molecule has 1 aliphatic heterocycles. The molecule has 0 unspecified atom stereocenters. The molecule has 4 rings (SSSR count). The van der Waals surface area contributed by atoms with E-state index in [0.717, 1.165) is 39.5 Å². The average Bonchev–Trinajstić information content (AvgIpc) is 2.84. The second kappa shape index (κ2) is 6.36. The summed E-state index contributed by atoms with van der Waals surface area (Å²) in [6, 6.07) is 23.5. The van der Waals surface area contributed by atoms with Gasteiger partial charge in [-0.3, -0.25) is 4.99 Å². The van der Waals surface area contributed by atoms with Crippen LogP contribution in [-0.2, 0) is 0 Å². The maximum absolute atomic E-state index is 10.3. The van der Waals surface area contributed by atoms with Gasteiger partial charge in [0, 0.05) is 12.0 Å². The van der Waals surface area contributed by atoms with Crippen molar-refractivity contribution in [3.63, 3.8) is 0 Å². The topological polar surface area (TPSA) is 45.0 Å². The molecule has 0 saturated heterocycles. The van der Waals surface area contributed by atoms with Crippen molar-refractivity contribution < 1.29 is 5.11 Å². The van der Waals surface area contributed by atoms with Crippen LogP contribution in [0.3, 0.4) is 0 Å². The standard InChI is InChI=1S/C22H18N2O/c1-15-8-7-12-18-22(15)24-20(17-11-5-6-13-21(17)25)14-19(23-18)16-9-3-2-4-10-16/h2-13,25H,14H2,1H3. The van der Waals surface area contributed by atoms with Gasteiger partial charge in [0.05, 0.1) is 22.8 Å². The molecule has 1 N–H and O–H groups in total. The Morgan fingerprint density at radius 3 is 2.32 bits per heavy atom. The summed E-state index contributed by atoms with van der Waals surface area (Å²) in [5, 5.41) is 10.3. The van der Waals surface area contributed by atoms with E-state index in [9.17, 15) is 5.11 Å². The molecule has 1 heterocycles. The lowest BCUT2D eigenvalue weighted by molar-refractivity contribution is 0.474. The number of hydrogen-bond acceptors (Lipinski definition) is 3. The third-order valence-electron chi connectivity index (χ3n) is 4.38. The van der Waals surface area contributed by atoms with E-state index in [0.29, 0.717) is 6.42 Å². The Balaban J connectivity index is 1.93. The van der Waals surface area contributed by atoms with E-state index in [-0.39, 0.29) is 5.75 Å². The fourth-order valence-electron chi connectivity index (χ4n) is 3.07. The van der Waals surface area contributed by atoms with Gasteiger partial charge in [0.1, 0.15) is 5.75 Å². The Morgan fingerprint density at radius 1 is 0.760 bits per heavy atom. The zero-order valence-corrected chi connectivity index (χ0v) is 14.0. The lowest BCUT2D eigenvalue weighted by Crippen LogP contribution is -2.10. The fraction of sp³-hybridized carbons (Fsp3) is 0.0909. The van der Waals surface area contributed by atoms with E-state index >= 15 is 0 Å². The van der Waals surface area contributed by atoms with Crippen LogP contribution < -0.4 is 0 Å². The van der Waals surface area contributed by atoms with Gasteiger partial charge >= 0.3 is 0 Å². The summed E-state index contributed by atoms with van der Waals surface area (Å²) in [4.78, 5) is 9.78. The molecule has 0 atom stereocenters. The van der Waals surface area contributed by atoms with Crippen LogP contribution in [0.5, 0.6) is 5.75 Å². The van der Waals surface area contributed by atoms with Gasteiger partial charge in [0.2, 0.25) is 0 Å². The number of para-hydroxylation sites is 2. The third-order valence-corrected chi connectivity index (χ3v) is 4.38. The summed E-state index contributed by atoms with van der Waals surface area (Å²) in [6.45, 7) is 2.04. The molecule has 0 saturated carbocycles. The highest BCUT2D eigenvalue weighted by Crippen LogP contribution is 2.36. The summed E-state index contributed by atoms with van der Waals surface area (Å²) in [5.74, 6) is 0.241. The number of fused-ring (bicyclic) bond motifs is 1. The fourth-order valence-corrected chi connectivity index (χ4v) is 3.07. The minimum Gasteiger partial charge on any atom is -0.507 e. The third kappa shape index (κ3) is 2.96. The number of phenolic OH excluding ortho intramolecular Hbond substituents is 1. The Kier molecular flexibility index (Phi) is 3.90. The minimum absolute atomic E-state index is 0.241. The first kappa shape index (κ1) is 15.3. The van der Waals surface area contributed by atoms with Gasteiger partial charge in [0.15, 0.2) is 0 Å². The maximum atomic E-state index is 10.3. The van der Waals surface area contributed by atoms with Crippen molar-refractivity contribution >= 4 is 22.8 Å². The van der Waals surface area contributed by atoms with Crippen molar-refractivity contribution in [1.29, 1.82) is 0 Å². The zero-order chi connectivity index (χ0) is 17.2. The van der Waals surface area contributed by atoms with E-state index in [1.165, 1.54) is 0 Å². The molecule has 122 valence electrons. The van der Waals surface area contributed by atoms with Crippen molar-refractivity contribution in [2.75, 3.05) is 0 Å². The second-order valence-electron chi connectivity index (χ2n) is 6.12. The van der Waals surface area contributed by atoms with Gasteiger partial charge in [-0.1, -0.05) is 54.6 Å². The van der Waals surface area contributed by atoms with Gasteiger partial charge in [-0.2, -0.15) is 0 Å². The van der Waals surface area contributed by atoms with Crippen LogP contribution in [-0.4, -0.2) is 16.5 Å². The largest absolute Gasteiger partial charge is 0.507 e. The maximum Gasteiger partial charge on any atom is 0.124 e. The predicted molar refractivity (Wildman–Crippen MR) is 103 cm³/mol. The normalized spacial score (nSPS) is 13.5. The van der Waals surface area contributed by atoms with Crippen LogP contribution in [0.2, 0.25) is 0 Å². The van der Waals surface area contributed by atoms with Crippen LogP contribution in [0.15, 0.2) is 82.8 Å². The first-order valence-corrected chi connectivity index (χ1v) is 8.31. The smallest absolute Gasteiger partial charge is 0.124 e. The van der Waals surface area contributed by atoms with Crippen molar-refractivity contribution in [3.05, 3.63) is 89.5 Å². The number of aryl methyl sites for hydroxylation is 1. The SMILES string of the molecule is Cc1cccc2c1N=C(c1ccccc1O)CC(c1ccccc1)=N2. The number of benzene rings is 3. The molecular formula is C22H18N2O. The molecule has 0 radical (unpaired) electrons. The van der Waals surface area contributed by atoms with E-state index in [1.807, 2.05) is 61.5 Å². The highest BCUT2D eigenvalue weighted by molar-refractivity contribution is 6.21. The highest BCUT2D eigenvalue weighted by Gasteiger charge is 2.19. The molecular weight excluding hydrogens is 308 g/mol. The molecule has 0 bridgehead atoms. The summed E-state index contributed by atoms with van der Waals surface area (Å²) in [7, 11) is 0. The first-order valence-electron chi connectivity index (χ1n) is 8.31. The van der Waals surface area contributed by atoms with Crippen molar-refractivity contribution in [2.45, 2.75) is 13.3 Å². The number of aliphatic imine (C=N–C) groups is 2. The van der Waals surface area contributed by atoms with Crippen molar-refractivity contribution in [1.82, 2.24) is 0 Å². The molecule has 3 aromatic carbocycles.